The Morgan fingerprint density at radius 2 is 2.17 bits per heavy atom. The van der Waals surface area contributed by atoms with Gasteiger partial charge in [0.1, 0.15) is 5.75 Å². The summed E-state index contributed by atoms with van der Waals surface area (Å²) in [6.07, 6.45) is 0. The van der Waals surface area contributed by atoms with Gasteiger partial charge in [0.2, 0.25) is 0 Å². The summed E-state index contributed by atoms with van der Waals surface area (Å²) in [7, 11) is 2.43. The van der Waals surface area contributed by atoms with Gasteiger partial charge in [-0.2, -0.15) is 0 Å². The molecular formula is C8H12N2OSi. The summed E-state index contributed by atoms with van der Waals surface area (Å²) in [6.45, 7) is 0.619. The maximum absolute atomic E-state index is 5.15. The van der Waals surface area contributed by atoms with Gasteiger partial charge in [-0.1, -0.05) is 18.2 Å². The second-order valence-corrected chi connectivity index (χ2v) is 2.71. The van der Waals surface area contributed by atoms with Crippen LogP contribution < -0.4 is 4.74 Å². The molecule has 1 aromatic rings. The van der Waals surface area contributed by atoms with Crippen molar-refractivity contribution in [3.05, 3.63) is 29.8 Å². The minimum absolute atomic E-state index is 0.619. The minimum atomic E-state index is 0.619. The van der Waals surface area contributed by atoms with E-state index in [-0.39, 0.29) is 0 Å². The number of nitrogens with zero attached hydrogens (tertiary/aromatic N) is 2. The predicted octanol–water partition coefficient (Wildman–Crippen LogP) is 0.928. The molecule has 0 bridgehead atoms. The van der Waals surface area contributed by atoms with E-state index in [9.17, 15) is 0 Å². The topological polar surface area (TPSA) is 34.0 Å². The van der Waals surface area contributed by atoms with Crippen molar-refractivity contribution in [3.8, 4) is 5.75 Å². The lowest BCUT2D eigenvalue weighted by Gasteiger charge is -2.03. The van der Waals surface area contributed by atoms with Crippen LogP contribution in [0, 0.1) is 0 Å². The van der Waals surface area contributed by atoms with Crippen molar-refractivity contribution >= 4 is 10.4 Å². The van der Waals surface area contributed by atoms with Crippen LogP contribution >= 0.6 is 0 Å². The van der Waals surface area contributed by atoms with Gasteiger partial charge in [0, 0.05) is 5.56 Å². The number of hydrogen-bond donors (Lipinski definition) is 0. The van der Waals surface area contributed by atoms with Crippen molar-refractivity contribution in [2.24, 2.45) is 9.89 Å². The molecule has 0 amide bonds. The number of methoxy groups -OCH3 is 1. The van der Waals surface area contributed by atoms with E-state index in [2.05, 4.69) is 9.89 Å². The fourth-order valence-corrected chi connectivity index (χ4v) is 1.12. The van der Waals surface area contributed by atoms with Crippen LogP contribution in [0.5, 0.6) is 5.75 Å². The molecule has 64 valence electrons. The number of para-hydroxylation sites is 1. The van der Waals surface area contributed by atoms with Gasteiger partial charge < -0.3 is 4.74 Å². The smallest absolute Gasteiger partial charge is 0.162 e. The van der Waals surface area contributed by atoms with Crippen LogP contribution in [0.2, 0.25) is 0 Å². The molecule has 0 aliphatic rings. The van der Waals surface area contributed by atoms with Crippen molar-refractivity contribution in [1.29, 1.82) is 0 Å². The zero-order valence-electron chi connectivity index (χ0n) is 7.32. The highest BCUT2D eigenvalue weighted by molar-refractivity contribution is 6.04. The third-order valence-corrected chi connectivity index (χ3v) is 1.86. The highest BCUT2D eigenvalue weighted by Gasteiger charge is 1.98. The maximum atomic E-state index is 5.15. The number of rotatable bonds is 3. The monoisotopic (exact) mass is 180 g/mol. The fraction of sp³-hybridized carbons (Fsp3) is 0.250. The molecular weight excluding hydrogens is 168 g/mol. The summed E-state index contributed by atoms with van der Waals surface area (Å²) in [6, 6.07) is 7.84. The van der Waals surface area contributed by atoms with E-state index < -0.39 is 0 Å². The molecule has 0 aromatic heterocycles. The number of benzene rings is 1. The third kappa shape index (κ3) is 2.16. The van der Waals surface area contributed by atoms with Gasteiger partial charge in [-0.3, -0.25) is 4.78 Å². The SMILES string of the molecule is COc1ccccc1CN=N[SiH3]. The molecule has 0 aliphatic carbocycles. The first-order chi connectivity index (χ1) is 5.88. The van der Waals surface area contributed by atoms with E-state index >= 15 is 0 Å². The molecule has 0 unspecified atom stereocenters. The van der Waals surface area contributed by atoms with Crippen LogP contribution in [0.25, 0.3) is 0 Å². The van der Waals surface area contributed by atoms with Gasteiger partial charge in [0.15, 0.2) is 10.4 Å². The van der Waals surface area contributed by atoms with E-state index in [0.29, 0.717) is 6.54 Å². The molecule has 0 fully saturated rings. The second kappa shape index (κ2) is 4.66. The Morgan fingerprint density at radius 1 is 1.42 bits per heavy atom. The largest absolute Gasteiger partial charge is 0.496 e. The first-order valence-corrected chi connectivity index (χ1v) is 4.65. The summed E-state index contributed by atoms with van der Waals surface area (Å²) >= 11 is 0. The standard InChI is InChI=1S/C8H12N2OSi/c1-11-8-5-3-2-4-7(8)6-9-10-12/h2-5H,6H2,1,12H3. The first-order valence-electron chi connectivity index (χ1n) is 3.76. The van der Waals surface area contributed by atoms with Crippen LogP contribution in [-0.2, 0) is 6.54 Å². The van der Waals surface area contributed by atoms with E-state index in [1.54, 1.807) is 7.11 Å². The van der Waals surface area contributed by atoms with Crippen molar-refractivity contribution in [2.75, 3.05) is 7.11 Å². The maximum Gasteiger partial charge on any atom is 0.162 e. The van der Waals surface area contributed by atoms with Gasteiger partial charge in [-0.15, -0.1) is 0 Å². The van der Waals surface area contributed by atoms with Crippen molar-refractivity contribution in [3.63, 3.8) is 0 Å². The highest BCUT2D eigenvalue weighted by atomic mass is 28.2. The highest BCUT2D eigenvalue weighted by Crippen LogP contribution is 2.17. The minimum Gasteiger partial charge on any atom is -0.496 e. The average Bonchev–Trinajstić information content (AvgIpc) is 2.15. The van der Waals surface area contributed by atoms with E-state index in [0.717, 1.165) is 21.7 Å². The Bertz CT molecular complexity index is 276. The van der Waals surface area contributed by atoms with Crippen LogP contribution in [0.1, 0.15) is 5.56 Å². The van der Waals surface area contributed by atoms with E-state index in [1.807, 2.05) is 24.3 Å². The van der Waals surface area contributed by atoms with E-state index in [4.69, 9.17) is 4.74 Å². The molecule has 1 aromatic carbocycles. The summed E-state index contributed by atoms with van der Waals surface area (Å²) in [5.41, 5.74) is 1.08. The molecule has 4 heteroatoms. The molecule has 0 saturated carbocycles. The van der Waals surface area contributed by atoms with Gasteiger partial charge in [0.05, 0.1) is 13.7 Å². The molecule has 0 aliphatic heterocycles. The fourth-order valence-electron chi connectivity index (χ4n) is 0.980. The lowest BCUT2D eigenvalue weighted by Crippen LogP contribution is -1.89. The van der Waals surface area contributed by atoms with Crippen molar-refractivity contribution < 1.29 is 4.74 Å². The third-order valence-electron chi connectivity index (χ3n) is 1.57. The van der Waals surface area contributed by atoms with Gasteiger partial charge >= 0.3 is 0 Å². The van der Waals surface area contributed by atoms with Crippen molar-refractivity contribution in [2.45, 2.75) is 6.54 Å². The lowest BCUT2D eigenvalue weighted by atomic mass is 10.2. The van der Waals surface area contributed by atoms with E-state index in [1.165, 1.54) is 0 Å². The van der Waals surface area contributed by atoms with Crippen LogP contribution in [0.15, 0.2) is 34.2 Å². The Labute approximate surface area is 75.0 Å². The Morgan fingerprint density at radius 3 is 2.83 bits per heavy atom. The molecule has 1 rings (SSSR count). The molecule has 0 spiro atoms. The number of hydrogen-bond acceptors (Lipinski definition) is 3. The van der Waals surface area contributed by atoms with Crippen LogP contribution in [-0.4, -0.2) is 17.5 Å². The zero-order valence-corrected chi connectivity index (χ0v) is 9.32. The molecule has 0 heterocycles. The summed E-state index contributed by atoms with van der Waals surface area (Å²) < 4.78 is 8.97. The summed E-state index contributed by atoms with van der Waals surface area (Å²) in [5, 5.41) is 3.96. The normalized spacial score (nSPS) is 10.8. The van der Waals surface area contributed by atoms with Gasteiger partial charge in [-0.05, 0) is 6.07 Å². The number of ether oxygens (including phenoxy) is 1. The first kappa shape index (κ1) is 8.93. The summed E-state index contributed by atoms with van der Waals surface area (Å²) in [5.74, 6) is 0.881. The molecule has 0 saturated heterocycles. The van der Waals surface area contributed by atoms with Crippen molar-refractivity contribution in [1.82, 2.24) is 0 Å². The quantitative estimate of drug-likeness (QED) is 0.503. The molecule has 0 N–H and O–H groups in total. The molecule has 0 radical (unpaired) electrons. The second-order valence-electron chi connectivity index (χ2n) is 2.31. The lowest BCUT2D eigenvalue weighted by molar-refractivity contribution is 0.409. The summed E-state index contributed by atoms with van der Waals surface area (Å²) in [4.78, 5) is 0. The Balaban J connectivity index is 2.81. The molecule has 3 nitrogen and oxygen atoms in total. The van der Waals surface area contributed by atoms with Crippen LogP contribution in [0.4, 0.5) is 0 Å². The molecule has 0 atom stereocenters. The zero-order chi connectivity index (χ0) is 8.81. The Kier molecular flexibility index (Phi) is 3.47. The van der Waals surface area contributed by atoms with Crippen LogP contribution in [0.3, 0.4) is 0 Å². The van der Waals surface area contributed by atoms with Gasteiger partial charge in [-0.25, -0.2) is 5.11 Å². The van der Waals surface area contributed by atoms with Gasteiger partial charge in [0.25, 0.3) is 0 Å². The average molecular weight is 180 g/mol. The Hall–Kier alpha value is -1.16. The predicted molar refractivity (Wildman–Crippen MR) is 51.5 cm³/mol. The molecule has 12 heavy (non-hydrogen) atoms.